The molecule has 0 radical (unpaired) electrons. The van der Waals surface area contributed by atoms with Crippen molar-refractivity contribution in [3.8, 4) is 0 Å². The molecule has 0 aromatic carbocycles. The quantitative estimate of drug-likeness (QED) is 0.928. The summed E-state index contributed by atoms with van der Waals surface area (Å²) in [6.07, 6.45) is 3.64. The number of aryl methyl sites for hydroxylation is 2. The maximum Gasteiger partial charge on any atom is 0.224 e. The number of hydrogen-bond donors (Lipinski definition) is 1. The Labute approximate surface area is 130 Å². The minimum Gasteiger partial charge on any atom is -0.338 e. The van der Waals surface area contributed by atoms with Crippen LogP contribution in [0.4, 0.5) is 0 Å². The number of nitrogens with two attached hydrogens (primary N) is 1. The van der Waals surface area contributed by atoms with Crippen LogP contribution in [-0.2, 0) is 11.2 Å². The molecule has 0 aliphatic heterocycles. The molecule has 1 unspecified atom stereocenters. The van der Waals surface area contributed by atoms with Crippen LogP contribution in [0.25, 0.3) is 0 Å². The number of rotatable bonds is 3. The smallest absolute Gasteiger partial charge is 0.224 e. The molecule has 1 aromatic rings. The maximum absolute atomic E-state index is 11.9. The Morgan fingerprint density at radius 2 is 2.21 bits per heavy atom. The Kier molecular flexibility index (Phi) is 7.89. The van der Waals surface area contributed by atoms with Crippen molar-refractivity contribution in [3.05, 3.63) is 15.6 Å². The lowest BCUT2D eigenvalue weighted by Crippen LogP contribution is -2.33. The molecule has 0 saturated carbocycles. The van der Waals surface area contributed by atoms with Gasteiger partial charge in [-0.05, 0) is 26.2 Å². The molecule has 0 spiro atoms. The lowest BCUT2D eigenvalue weighted by molar-refractivity contribution is -0.132. The first-order valence-electron chi connectivity index (χ1n) is 6.05. The van der Waals surface area contributed by atoms with E-state index in [2.05, 4.69) is 4.98 Å². The summed E-state index contributed by atoms with van der Waals surface area (Å²) in [4.78, 5) is 19.6. The van der Waals surface area contributed by atoms with E-state index in [9.17, 15) is 4.79 Å². The molecule has 1 atom stereocenters. The van der Waals surface area contributed by atoms with Gasteiger partial charge in [-0.2, -0.15) is 0 Å². The van der Waals surface area contributed by atoms with Crippen LogP contribution in [0, 0.1) is 6.92 Å². The van der Waals surface area contributed by atoms with Gasteiger partial charge >= 0.3 is 0 Å². The van der Waals surface area contributed by atoms with Gasteiger partial charge < -0.3 is 10.6 Å². The van der Waals surface area contributed by atoms with Gasteiger partial charge in [-0.3, -0.25) is 4.79 Å². The van der Waals surface area contributed by atoms with E-state index in [1.54, 1.807) is 11.3 Å². The summed E-state index contributed by atoms with van der Waals surface area (Å²) in [6, 6.07) is 0.212. The second-order valence-electron chi connectivity index (χ2n) is 4.50. The number of halogens is 2. The molecule has 1 heterocycles. The summed E-state index contributed by atoms with van der Waals surface area (Å²) in [5, 5.41) is 1.10. The third kappa shape index (κ3) is 4.05. The van der Waals surface area contributed by atoms with Gasteiger partial charge in [0, 0.05) is 20.0 Å². The van der Waals surface area contributed by atoms with Crippen LogP contribution < -0.4 is 5.73 Å². The van der Waals surface area contributed by atoms with E-state index < -0.39 is 0 Å². The minimum atomic E-state index is 0. The molecule has 4 nitrogen and oxygen atoms in total. The second kappa shape index (κ2) is 8.04. The first kappa shape index (κ1) is 18.6. The second-order valence-corrected chi connectivity index (χ2v) is 5.73. The van der Waals surface area contributed by atoms with Crippen LogP contribution in [0.3, 0.4) is 0 Å². The van der Waals surface area contributed by atoms with Crippen LogP contribution in [0.2, 0.25) is 0 Å². The molecule has 110 valence electrons. The predicted molar refractivity (Wildman–Crippen MR) is 83.5 cm³/mol. The molecule has 2 rings (SSSR count). The highest BCUT2D eigenvalue weighted by Crippen LogP contribution is 2.37. The van der Waals surface area contributed by atoms with Crippen LogP contribution in [0.5, 0.6) is 0 Å². The van der Waals surface area contributed by atoms with E-state index in [0.29, 0.717) is 13.0 Å². The van der Waals surface area contributed by atoms with Gasteiger partial charge in [-0.25, -0.2) is 4.98 Å². The van der Waals surface area contributed by atoms with Gasteiger partial charge in [0.2, 0.25) is 5.91 Å². The number of carbonyl (C=O) groups excluding carboxylic acids is 1. The Bertz CT molecular complexity index is 425. The topological polar surface area (TPSA) is 59.2 Å². The molecule has 19 heavy (non-hydrogen) atoms. The molecule has 0 fully saturated rings. The van der Waals surface area contributed by atoms with Crippen molar-refractivity contribution in [2.45, 2.75) is 38.6 Å². The van der Waals surface area contributed by atoms with Crippen molar-refractivity contribution in [1.82, 2.24) is 9.88 Å². The SMILES string of the molecule is Cc1nc2c(s1)C(N(C)C(=O)CCN)CCC2.Cl.Cl. The van der Waals surface area contributed by atoms with Crippen molar-refractivity contribution in [2.75, 3.05) is 13.6 Å². The monoisotopic (exact) mass is 325 g/mol. The van der Waals surface area contributed by atoms with E-state index in [1.165, 1.54) is 10.6 Å². The average molecular weight is 326 g/mol. The molecular weight excluding hydrogens is 305 g/mol. The highest BCUT2D eigenvalue weighted by atomic mass is 35.5. The van der Waals surface area contributed by atoms with Gasteiger partial charge in [0.25, 0.3) is 0 Å². The zero-order chi connectivity index (χ0) is 12.4. The van der Waals surface area contributed by atoms with Crippen molar-refractivity contribution in [3.63, 3.8) is 0 Å². The van der Waals surface area contributed by atoms with Gasteiger partial charge in [0.05, 0.1) is 21.6 Å². The molecule has 2 N–H and O–H groups in total. The molecule has 1 aliphatic carbocycles. The van der Waals surface area contributed by atoms with Crippen LogP contribution >= 0.6 is 36.2 Å². The predicted octanol–water partition coefficient (Wildman–Crippen LogP) is 2.48. The highest BCUT2D eigenvalue weighted by molar-refractivity contribution is 7.11. The number of fused-ring (bicyclic) bond motifs is 1. The summed E-state index contributed by atoms with van der Waals surface area (Å²) in [6.45, 7) is 2.45. The third-order valence-electron chi connectivity index (χ3n) is 3.25. The van der Waals surface area contributed by atoms with Gasteiger partial charge in [0.1, 0.15) is 0 Å². The Morgan fingerprint density at radius 1 is 1.53 bits per heavy atom. The molecule has 1 amide bonds. The number of amides is 1. The lowest BCUT2D eigenvalue weighted by Gasteiger charge is -2.30. The highest BCUT2D eigenvalue weighted by Gasteiger charge is 2.28. The number of aromatic nitrogens is 1. The Morgan fingerprint density at radius 3 is 2.84 bits per heavy atom. The fraction of sp³-hybridized carbons (Fsp3) is 0.667. The summed E-state index contributed by atoms with van der Waals surface area (Å²) in [5.74, 6) is 0.136. The molecule has 0 saturated heterocycles. The van der Waals surface area contributed by atoms with Gasteiger partial charge in [0.15, 0.2) is 0 Å². The molecular formula is C12H21Cl2N3OS. The number of hydrogen-bond acceptors (Lipinski definition) is 4. The number of thiazole rings is 1. The normalized spacial score (nSPS) is 16.9. The van der Waals surface area contributed by atoms with Crippen molar-refractivity contribution in [1.29, 1.82) is 0 Å². The minimum absolute atomic E-state index is 0. The Balaban J connectivity index is 0.00000162. The summed E-state index contributed by atoms with van der Waals surface area (Å²) >= 11 is 1.73. The van der Waals surface area contributed by atoms with E-state index in [1.807, 2.05) is 18.9 Å². The average Bonchev–Trinajstić information content (AvgIpc) is 2.68. The lowest BCUT2D eigenvalue weighted by atomic mass is 9.97. The maximum atomic E-state index is 11.9. The van der Waals surface area contributed by atoms with E-state index in [-0.39, 0.29) is 36.8 Å². The molecule has 1 aromatic heterocycles. The van der Waals surface area contributed by atoms with Gasteiger partial charge in [-0.1, -0.05) is 0 Å². The van der Waals surface area contributed by atoms with Crippen molar-refractivity contribution >= 4 is 42.1 Å². The fourth-order valence-electron chi connectivity index (χ4n) is 2.36. The standard InChI is InChI=1S/C12H19N3OS.2ClH/c1-8-14-9-4-3-5-10(12(9)17-8)15(2)11(16)6-7-13;;/h10H,3-7,13H2,1-2H3;2*1H. The first-order valence-corrected chi connectivity index (χ1v) is 6.87. The van der Waals surface area contributed by atoms with Crippen LogP contribution in [-0.4, -0.2) is 29.4 Å². The van der Waals surface area contributed by atoms with E-state index in [4.69, 9.17) is 5.73 Å². The van der Waals surface area contributed by atoms with Crippen molar-refractivity contribution in [2.24, 2.45) is 5.73 Å². The molecule has 1 aliphatic rings. The van der Waals surface area contributed by atoms with E-state index in [0.717, 1.165) is 24.3 Å². The summed E-state index contributed by atoms with van der Waals surface area (Å²) in [5.41, 5.74) is 6.63. The number of carbonyl (C=O) groups is 1. The largest absolute Gasteiger partial charge is 0.338 e. The third-order valence-corrected chi connectivity index (χ3v) is 4.36. The Hall–Kier alpha value is -0.360. The summed E-state index contributed by atoms with van der Waals surface area (Å²) < 4.78 is 0. The zero-order valence-electron chi connectivity index (χ0n) is 11.2. The van der Waals surface area contributed by atoms with E-state index >= 15 is 0 Å². The summed E-state index contributed by atoms with van der Waals surface area (Å²) in [7, 11) is 1.88. The molecule has 7 heteroatoms. The van der Waals surface area contributed by atoms with Gasteiger partial charge in [-0.15, -0.1) is 36.2 Å². The first-order chi connectivity index (χ1) is 8.13. The number of nitrogens with zero attached hydrogens (tertiary/aromatic N) is 2. The van der Waals surface area contributed by atoms with Crippen molar-refractivity contribution < 1.29 is 4.79 Å². The fourth-order valence-corrected chi connectivity index (χ4v) is 3.51. The molecule has 0 bridgehead atoms. The van der Waals surface area contributed by atoms with Crippen LogP contribution in [0.15, 0.2) is 0 Å². The zero-order valence-corrected chi connectivity index (χ0v) is 13.7. The van der Waals surface area contributed by atoms with Crippen LogP contribution in [0.1, 0.15) is 40.9 Å².